The second-order valence-corrected chi connectivity index (χ2v) is 12.9. The molecule has 0 unspecified atom stereocenters. The molecule has 0 saturated heterocycles. The van der Waals surface area contributed by atoms with Gasteiger partial charge in [-0.2, -0.15) is 0 Å². The predicted octanol–water partition coefficient (Wildman–Crippen LogP) is 14.4. The van der Waals surface area contributed by atoms with Crippen molar-refractivity contribution in [2.75, 3.05) is 4.90 Å². The Morgan fingerprint density at radius 2 is 1.06 bits per heavy atom. The molecule has 52 heavy (non-hydrogen) atoms. The lowest BCUT2D eigenvalue weighted by molar-refractivity contribution is 0.669. The quantitative estimate of drug-likeness (QED) is 0.175. The van der Waals surface area contributed by atoms with Crippen molar-refractivity contribution in [1.29, 1.82) is 0 Å². The molecule has 2 nitrogen and oxygen atoms in total. The normalized spacial score (nSPS) is 13.1. The molecule has 0 aliphatic heterocycles. The topological polar surface area (TPSA) is 16.4 Å². The van der Waals surface area contributed by atoms with Gasteiger partial charge in [-0.1, -0.05) is 145 Å². The maximum absolute atomic E-state index is 9.54. The molecule has 0 radical (unpaired) electrons. The van der Waals surface area contributed by atoms with Crippen molar-refractivity contribution in [2.45, 2.75) is 0 Å². The molecule has 0 spiro atoms. The molecule has 244 valence electrons. The lowest BCUT2D eigenvalue weighted by atomic mass is 9.97. The van der Waals surface area contributed by atoms with Crippen LogP contribution >= 0.6 is 0 Å². The third kappa shape index (κ3) is 5.21. The number of para-hydroxylation sites is 2. The first-order valence-electron chi connectivity index (χ1n) is 20.3. The summed E-state index contributed by atoms with van der Waals surface area (Å²) in [5, 5.41) is 3.74. The van der Waals surface area contributed by atoms with E-state index in [9.17, 15) is 1.37 Å². The zero-order valence-corrected chi connectivity index (χ0v) is 27.9. The van der Waals surface area contributed by atoms with Crippen LogP contribution in [0.1, 0.15) is 8.22 Å². The van der Waals surface area contributed by atoms with Gasteiger partial charge >= 0.3 is 0 Å². The van der Waals surface area contributed by atoms with E-state index in [4.69, 9.17) is 11.3 Å². The van der Waals surface area contributed by atoms with Gasteiger partial charge in [-0.05, 0) is 104 Å². The number of nitrogens with zero attached hydrogens (tertiary/aromatic N) is 1. The molecule has 0 aliphatic rings. The molecule has 0 aliphatic carbocycles. The highest BCUT2D eigenvalue weighted by Gasteiger charge is 2.18. The van der Waals surface area contributed by atoms with Gasteiger partial charge in [-0.3, -0.25) is 0 Å². The molecule has 1 heterocycles. The molecule has 0 atom stereocenters. The van der Waals surface area contributed by atoms with Crippen LogP contribution < -0.4 is 4.90 Å². The summed E-state index contributed by atoms with van der Waals surface area (Å²) in [6, 6.07) is 54.5. The van der Waals surface area contributed by atoms with Gasteiger partial charge in [0, 0.05) is 27.7 Å². The summed E-state index contributed by atoms with van der Waals surface area (Å²) in [5.41, 5.74) is 8.98. The van der Waals surface area contributed by atoms with E-state index in [1.165, 1.54) is 11.5 Å². The first kappa shape index (κ1) is 24.3. The highest BCUT2D eigenvalue weighted by Crippen LogP contribution is 2.43. The number of anilines is 3. The fraction of sp³-hybridized carbons (Fsp3) is 0. The van der Waals surface area contributed by atoms with E-state index in [0.717, 1.165) is 50.3 Å². The van der Waals surface area contributed by atoms with Gasteiger partial charge in [0.1, 0.15) is 11.2 Å². The molecular formula is C50H33NO. The van der Waals surface area contributed by atoms with Gasteiger partial charge in [0.25, 0.3) is 0 Å². The van der Waals surface area contributed by atoms with Crippen LogP contribution in [0.4, 0.5) is 17.1 Å². The number of furan rings is 1. The largest absolute Gasteiger partial charge is 0.456 e. The maximum Gasteiger partial charge on any atom is 0.136 e. The zero-order chi connectivity index (χ0) is 39.7. The number of hydrogen-bond donors (Lipinski definition) is 0. The van der Waals surface area contributed by atoms with Crippen molar-refractivity contribution in [1.82, 2.24) is 0 Å². The Kier molecular flexibility index (Phi) is 5.82. The second kappa shape index (κ2) is 12.5. The fourth-order valence-corrected chi connectivity index (χ4v) is 7.21. The monoisotopic (exact) mass is 669 g/mol. The number of benzene rings is 9. The number of fused-ring (bicyclic) bond motifs is 6. The van der Waals surface area contributed by atoms with E-state index in [1.54, 1.807) is 12.1 Å². The summed E-state index contributed by atoms with van der Waals surface area (Å²) in [5.74, 6) is 0. The Balaban J connectivity index is 1.13. The first-order chi connectivity index (χ1) is 28.3. The van der Waals surface area contributed by atoms with E-state index in [2.05, 4.69) is 120 Å². The van der Waals surface area contributed by atoms with Crippen molar-refractivity contribution < 1.29 is 12.6 Å². The molecule has 0 bridgehead atoms. The van der Waals surface area contributed by atoms with Gasteiger partial charge in [-0.25, -0.2) is 0 Å². The van der Waals surface area contributed by atoms with Gasteiger partial charge in [0.2, 0.25) is 0 Å². The van der Waals surface area contributed by atoms with Crippen LogP contribution in [0, 0.1) is 0 Å². The highest BCUT2D eigenvalue weighted by molar-refractivity contribution is 6.19. The standard InChI is InChI=1S/C50H33NO/c1-2-10-34(11-3-1)36-22-27-42(28-23-36)51(47-16-8-6-14-44(47)41-21-18-35-12-4-5-13-39(35)32-41)43-29-24-37(25-30-43)40-20-19-38-26-31-49-50(46(38)33-40)45-15-7-9-17-48(45)52-49/h1-33H/i7D,9D,15D,26D,31D,33D. The minimum atomic E-state index is -0.260. The summed E-state index contributed by atoms with van der Waals surface area (Å²) >= 11 is 0. The Bertz CT molecular complexity index is 3230. The molecule has 10 aromatic rings. The lowest BCUT2D eigenvalue weighted by Crippen LogP contribution is -2.11. The van der Waals surface area contributed by atoms with Crippen molar-refractivity contribution in [3.05, 3.63) is 200 Å². The number of hydrogen-bond acceptors (Lipinski definition) is 2. The van der Waals surface area contributed by atoms with E-state index < -0.39 is 0 Å². The fourth-order valence-electron chi connectivity index (χ4n) is 7.21. The van der Waals surface area contributed by atoms with Gasteiger partial charge in [0.05, 0.1) is 13.9 Å². The highest BCUT2D eigenvalue weighted by atomic mass is 16.3. The average Bonchev–Trinajstić information content (AvgIpc) is 3.65. The Morgan fingerprint density at radius 1 is 0.423 bits per heavy atom. The third-order valence-electron chi connectivity index (χ3n) is 9.78. The summed E-state index contributed by atoms with van der Waals surface area (Å²) in [6.07, 6.45) is 0. The molecule has 0 N–H and O–H groups in total. The van der Waals surface area contributed by atoms with E-state index >= 15 is 0 Å². The van der Waals surface area contributed by atoms with Crippen LogP contribution in [0.3, 0.4) is 0 Å². The molecule has 1 aromatic heterocycles. The van der Waals surface area contributed by atoms with Gasteiger partial charge in [0.15, 0.2) is 0 Å². The SMILES string of the molecule is [2H]c1cc2oc3c([2H])c([2H])c4ccc(-c5ccc(N(c6ccc(-c7ccccc7)cc6)c6ccccc6-c6ccc7ccccc7c6)cc5)c([2H])c4c3c2c([2H])c1[2H]. The summed E-state index contributed by atoms with van der Waals surface area (Å²) in [6.45, 7) is 0. The van der Waals surface area contributed by atoms with Crippen LogP contribution in [0.15, 0.2) is 204 Å². The zero-order valence-electron chi connectivity index (χ0n) is 33.9. The summed E-state index contributed by atoms with van der Waals surface area (Å²) in [4.78, 5) is 2.25. The minimum Gasteiger partial charge on any atom is -0.456 e. The van der Waals surface area contributed by atoms with E-state index in [1.807, 2.05) is 30.3 Å². The Labute approximate surface area is 310 Å². The second-order valence-electron chi connectivity index (χ2n) is 12.9. The van der Waals surface area contributed by atoms with Crippen molar-refractivity contribution in [3.8, 4) is 33.4 Å². The minimum absolute atomic E-state index is 0.0750. The molecule has 9 aromatic carbocycles. The van der Waals surface area contributed by atoms with Crippen LogP contribution in [0.5, 0.6) is 0 Å². The van der Waals surface area contributed by atoms with E-state index in [-0.39, 0.29) is 52.8 Å². The molecule has 0 saturated carbocycles. The molecule has 10 rings (SSSR count). The van der Waals surface area contributed by atoms with Crippen molar-refractivity contribution >= 4 is 60.5 Å². The lowest BCUT2D eigenvalue weighted by Gasteiger charge is -2.28. The molecule has 0 amide bonds. The molecule has 0 fully saturated rings. The van der Waals surface area contributed by atoms with Crippen LogP contribution in [-0.4, -0.2) is 0 Å². The maximum atomic E-state index is 9.54. The van der Waals surface area contributed by atoms with Crippen molar-refractivity contribution in [3.63, 3.8) is 0 Å². The smallest absolute Gasteiger partial charge is 0.136 e. The predicted molar refractivity (Wildman–Crippen MR) is 220 cm³/mol. The van der Waals surface area contributed by atoms with Crippen molar-refractivity contribution in [2.24, 2.45) is 0 Å². The summed E-state index contributed by atoms with van der Waals surface area (Å²) < 4.78 is 58.3. The molecule has 2 heteroatoms. The van der Waals surface area contributed by atoms with Gasteiger partial charge < -0.3 is 9.32 Å². The van der Waals surface area contributed by atoms with E-state index in [0.29, 0.717) is 21.7 Å². The Hall–Kier alpha value is -6.90. The third-order valence-corrected chi connectivity index (χ3v) is 9.78. The average molecular weight is 670 g/mol. The Morgan fingerprint density at radius 3 is 1.87 bits per heavy atom. The van der Waals surface area contributed by atoms with Crippen LogP contribution in [0.2, 0.25) is 0 Å². The van der Waals surface area contributed by atoms with Gasteiger partial charge in [-0.15, -0.1) is 0 Å². The van der Waals surface area contributed by atoms with Crippen LogP contribution in [-0.2, 0) is 0 Å². The summed E-state index contributed by atoms with van der Waals surface area (Å²) in [7, 11) is 0. The number of rotatable bonds is 6. The first-order valence-corrected chi connectivity index (χ1v) is 17.3. The molecular weight excluding hydrogens is 631 g/mol. The van der Waals surface area contributed by atoms with Crippen LogP contribution in [0.25, 0.3) is 76.9 Å².